The van der Waals surface area contributed by atoms with Crippen molar-refractivity contribution in [3.63, 3.8) is 0 Å². The number of thiocarbonyl (C=S) groups is 1. The number of hydrogen-bond donors (Lipinski definition) is 1. The van der Waals surface area contributed by atoms with Crippen molar-refractivity contribution in [1.82, 2.24) is 9.97 Å². The third-order valence-corrected chi connectivity index (χ3v) is 1.25. The first kappa shape index (κ1) is 7.63. The minimum atomic E-state index is 0.617. The molecule has 0 radical (unpaired) electrons. The second-order valence-electron chi connectivity index (χ2n) is 1.77. The third-order valence-electron chi connectivity index (χ3n) is 0.949. The molecule has 0 fully saturated rings. The molecule has 0 aliphatic heterocycles. The Labute approximate surface area is 70.1 Å². The largest absolute Gasteiger partial charge is 0.261 e. The molecule has 1 rings (SSSR count). The fraction of sp³-hybridized carbons (Fsp3) is 0.167. The quantitative estimate of drug-likeness (QED) is 0.535. The molecule has 0 aliphatic rings. The molecule has 0 aromatic carbocycles. The predicted molar refractivity (Wildman–Crippen MR) is 47.3 cm³/mol. The first-order chi connectivity index (χ1) is 4.79. The van der Waals surface area contributed by atoms with Crippen LogP contribution in [0.4, 0.5) is 0 Å². The van der Waals surface area contributed by atoms with Crippen molar-refractivity contribution >= 4 is 29.0 Å². The summed E-state index contributed by atoms with van der Waals surface area (Å²) in [4.78, 5) is 7.90. The normalized spacial score (nSPS) is 9.30. The maximum Gasteiger partial charge on any atom is 0.0644 e. The van der Waals surface area contributed by atoms with Crippen molar-refractivity contribution in [2.75, 3.05) is 0 Å². The lowest BCUT2D eigenvalue weighted by molar-refractivity contribution is 1.09. The lowest BCUT2D eigenvalue weighted by Crippen LogP contribution is -1.94. The van der Waals surface area contributed by atoms with Crippen LogP contribution in [0.2, 0.25) is 0 Å². The summed E-state index contributed by atoms with van der Waals surface area (Å²) < 4.78 is 0.639. The Balaban J connectivity index is 2.67. The molecule has 0 saturated carbocycles. The highest BCUT2D eigenvalue weighted by molar-refractivity contribution is 8.11. The molecule has 0 atom stereocenters. The molecule has 1 aromatic rings. The highest BCUT2D eigenvalue weighted by Crippen LogP contribution is 1.96. The lowest BCUT2D eigenvalue weighted by atomic mass is 10.3. The van der Waals surface area contributed by atoms with Gasteiger partial charge in [-0.3, -0.25) is 9.97 Å². The number of rotatable bonds is 2. The van der Waals surface area contributed by atoms with Crippen molar-refractivity contribution in [2.45, 2.75) is 6.42 Å². The van der Waals surface area contributed by atoms with Gasteiger partial charge in [-0.05, 0) is 0 Å². The average molecular weight is 170 g/mol. The van der Waals surface area contributed by atoms with Gasteiger partial charge in [-0.15, -0.1) is 12.6 Å². The summed E-state index contributed by atoms with van der Waals surface area (Å²) in [5.74, 6) is 0. The molecule has 0 amide bonds. The van der Waals surface area contributed by atoms with Crippen molar-refractivity contribution < 1.29 is 0 Å². The van der Waals surface area contributed by atoms with Crippen molar-refractivity contribution in [2.24, 2.45) is 0 Å². The second-order valence-corrected chi connectivity index (χ2v) is 3.10. The van der Waals surface area contributed by atoms with Gasteiger partial charge in [-0.25, -0.2) is 0 Å². The Morgan fingerprint density at radius 2 is 2.40 bits per heavy atom. The van der Waals surface area contributed by atoms with Crippen LogP contribution in [-0.4, -0.2) is 14.2 Å². The van der Waals surface area contributed by atoms with Gasteiger partial charge in [-0.1, -0.05) is 12.2 Å². The Kier molecular flexibility index (Phi) is 2.77. The zero-order chi connectivity index (χ0) is 7.40. The molecule has 4 heteroatoms. The molecule has 0 N–H and O–H groups in total. The van der Waals surface area contributed by atoms with Gasteiger partial charge >= 0.3 is 0 Å². The highest BCUT2D eigenvalue weighted by Gasteiger charge is 1.93. The van der Waals surface area contributed by atoms with Gasteiger partial charge in [0.25, 0.3) is 0 Å². The Bertz CT molecular complexity index is 222. The van der Waals surface area contributed by atoms with Crippen LogP contribution in [-0.2, 0) is 6.42 Å². The van der Waals surface area contributed by atoms with Gasteiger partial charge in [0.1, 0.15) is 0 Å². The van der Waals surface area contributed by atoms with E-state index in [9.17, 15) is 0 Å². The van der Waals surface area contributed by atoms with Gasteiger partial charge < -0.3 is 0 Å². The molecular formula is C6H6N2S2. The number of thiol groups is 1. The monoisotopic (exact) mass is 170 g/mol. The zero-order valence-corrected chi connectivity index (χ0v) is 6.90. The van der Waals surface area contributed by atoms with Crippen LogP contribution in [0.1, 0.15) is 5.69 Å². The fourth-order valence-electron chi connectivity index (χ4n) is 0.576. The highest BCUT2D eigenvalue weighted by atomic mass is 32.1. The molecule has 1 heterocycles. The topological polar surface area (TPSA) is 25.8 Å². The van der Waals surface area contributed by atoms with Crippen molar-refractivity contribution in [1.29, 1.82) is 0 Å². The van der Waals surface area contributed by atoms with Crippen molar-refractivity contribution in [3.05, 3.63) is 24.3 Å². The molecule has 1 aromatic heterocycles. The van der Waals surface area contributed by atoms with E-state index < -0.39 is 0 Å². The second kappa shape index (κ2) is 3.63. The van der Waals surface area contributed by atoms with Crippen LogP contribution < -0.4 is 0 Å². The summed E-state index contributed by atoms with van der Waals surface area (Å²) in [7, 11) is 0. The Hall–Kier alpha value is -0.480. The van der Waals surface area contributed by atoms with Gasteiger partial charge in [0.15, 0.2) is 0 Å². The van der Waals surface area contributed by atoms with E-state index >= 15 is 0 Å². The molecule has 0 aliphatic carbocycles. The smallest absolute Gasteiger partial charge is 0.0644 e. The Morgan fingerprint density at radius 1 is 1.60 bits per heavy atom. The van der Waals surface area contributed by atoms with E-state index in [0.29, 0.717) is 10.6 Å². The Morgan fingerprint density at radius 3 is 2.90 bits per heavy atom. The molecule has 10 heavy (non-hydrogen) atoms. The average Bonchev–Trinajstić information content (AvgIpc) is 1.88. The summed E-state index contributed by atoms with van der Waals surface area (Å²) in [6.45, 7) is 0. The maximum absolute atomic E-state index is 4.77. The van der Waals surface area contributed by atoms with E-state index in [1.165, 1.54) is 0 Å². The molecule has 52 valence electrons. The summed E-state index contributed by atoms with van der Waals surface area (Å²) >= 11 is 8.75. The van der Waals surface area contributed by atoms with Crippen LogP contribution in [0, 0.1) is 0 Å². The number of nitrogens with zero attached hydrogens (tertiary/aromatic N) is 2. The number of aromatic nitrogens is 2. The van der Waals surface area contributed by atoms with E-state index in [1.807, 2.05) is 0 Å². The summed E-state index contributed by atoms with van der Waals surface area (Å²) in [6, 6.07) is 0. The molecule has 0 spiro atoms. The first-order valence-corrected chi connectivity index (χ1v) is 3.61. The summed E-state index contributed by atoms with van der Waals surface area (Å²) in [5, 5.41) is 0. The minimum absolute atomic E-state index is 0.617. The van der Waals surface area contributed by atoms with E-state index in [4.69, 9.17) is 12.2 Å². The SMILES string of the molecule is S=C(S)Cc1cnccn1. The maximum atomic E-state index is 4.77. The molecular weight excluding hydrogens is 164 g/mol. The summed E-state index contributed by atoms with van der Waals surface area (Å²) in [5.41, 5.74) is 0.863. The van der Waals surface area contributed by atoms with E-state index in [2.05, 4.69) is 22.6 Å². The predicted octanol–water partition coefficient (Wildman–Crippen LogP) is 1.28. The number of hydrogen-bond acceptors (Lipinski definition) is 3. The molecule has 2 nitrogen and oxygen atoms in total. The summed E-state index contributed by atoms with van der Waals surface area (Å²) in [6.07, 6.45) is 5.57. The van der Waals surface area contributed by atoms with Crippen LogP contribution >= 0.6 is 24.8 Å². The fourth-order valence-corrected chi connectivity index (χ4v) is 0.886. The third kappa shape index (κ3) is 2.41. The van der Waals surface area contributed by atoms with Crippen LogP contribution in [0.5, 0.6) is 0 Å². The minimum Gasteiger partial charge on any atom is -0.261 e. The van der Waals surface area contributed by atoms with Crippen molar-refractivity contribution in [3.8, 4) is 0 Å². The molecule has 0 saturated heterocycles. The van der Waals surface area contributed by atoms with Crippen LogP contribution in [0.3, 0.4) is 0 Å². The molecule has 0 bridgehead atoms. The first-order valence-electron chi connectivity index (χ1n) is 2.76. The van der Waals surface area contributed by atoms with E-state index in [0.717, 1.165) is 5.69 Å². The van der Waals surface area contributed by atoms with Gasteiger partial charge in [-0.2, -0.15) is 0 Å². The van der Waals surface area contributed by atoms with Gasteiger partial charge in [0.2, 0.25) is 0 Å². The zero-order valence-electron chi connectivity index (χ0n) is 5.19. The molecule has 0 unspecified atom stereocenters. The lowest BCUT2D eigenvalue weighted by Gasteiger charge is -1.93. The van der Waals surface area contributed by atoms with Gasteiger partial charge in [0, 0.05) is 25.0 Å². The van der Waals surface area contributed by atoms with E-state index in [-0.39, 0.29) is 0 Å². The van der Waals surface area contributed by atoms with Gasteiger partial charge in [0.05, 0.1) is 9.89 Å². The van der Waals surface area contributed by atoms with Crippen LogP contribution in [0.15, 0.2) is 18.6 Å². The van der Waals surface area contributed by atoms with E-state index in [1.54, 1.807) is 18.6 Å². The van der Waals surface area contributed by atoms with Crippen LogP contribution in [0.25, 0.3) is 0 Å². The standard InChI is InChI=1S/C6H6N2S2/c9-6(10)3-5-4-7-1-2-8-5/h1-2,4H,3H2,(H,9,10).